The van der Waals surface area contributed by atoms with Gasteiger partial charge < -0.3 is 30.3 Å². The topological polar surface area (TPSA) is 126 Å². The van der Waals surface area contributed by atoms with E-state index >= 15 is 0 Å². The van der Waals surface area contributed by atoms with Crippen LogP contribution in [0.2, 0.25) is 0 Å². The minimum Gasteiger partial charge on any atom is -0.492 e. The molecule has 11 heteroatoms. The number of para-hydroxylation sites is 1. The Bertz CT molecular complexity index is 1240. The van der Waals surface area contributed by atoms with Crippen molar-refractivity contribution < 1.29 is 33.0 Å². The van der Waals surface area contributed by atoms with Crippen LogP contribution in [0.3, 0.4) is 0 Å². The monoisotopic (exact) mass is 568 g/mol. The minimum absolute atomic E-state index is 0.0278. The smallest absolute Gasteiger partial charge is 0.255 e. The van der Waals surface area contributed by atoms with Gasteiger partial charge in [0.2, 0.25) is 17.7 Å². The molecule has 2 aliphatic rings. The van der Waals surface area contributed by atoms with Crippen LogP contribution in [-0.4, -0.2) is 73.0 Å². The van der Waals surface area contributed by atoms with E-state index in [0.717, 1.165) is 0 Å². The third-order valence-electron chi connectivity index (χ3n) is 7.31. The maximum atomic E-state index is 13.3. The van der Waals surface area contributed by atoms with Crippen LogP contribution < -0.4 is 25.4 Å². The number of amides is 4. The first-order valence-corrected chi connectivity index (χ1v) is 14.0. The highest BCUT2D eigenvalue weighted by atomic mass is 19.1. The quantitative estimate of drug-likeness (QED) is 0.460. The minimum atomic E-state index is -1.02. The van der Waals surface area contributed by atoms with Crippen molar-refractivity contribution in [3.05, 3.63) is 59.9 Å². The van der Waals surface area contributed by atoms with Gasteiger partial charge in [-0.3, -0.25) is 19.2 Å². The SMILES string of the molecule is CC(C)[C@@H]1COc2ccccc2C(=O)N[C@H](C(=O)NCCOc2ccc(F)cc2)CCC(=O)N2CCC[C@H]2C(=O)N1. The van der Waals surface area contributed by atoms with Gasteiger partial charge in [0.1, 0.15) is 42.6 Å². The fourth-order valence-corrected chi connectivity index (χ4v) is 4.89. The Labute approximate surface area is 238 Å². The van der Waals surface area contributed by atoms with Gasteiger partial charge in [-0.25, -0.2) is 4.39 Å². The first-order valence-electron chi connectivity index (χ1n) is 14.0. The molecular weight excluding hydrogens is 531 g/mol. The van der Waals surface area contributed by atoms with Crippen LogP contribution in [0.1, 0.15) is 49.9 Å². The number of ether oxygens (including phenoxy) is 2. The molecule has 2 heterocycles. The molecule has 2 aromatic rings. The lowest BCUT2D eigenvalue weighted by atomic mass is 10.0. The summed E-state index contributed by atoms with van der Waals surface area (Å²) in [5, 5.41) is 8.54. The molecule has 0 radical (unpaired) electrons. The van der Waals surface area contributed by atoms with Gasteiger partial charge in [0, 0.05) is 13.0 Å². The first kappa shape index (κ1) is 29.8. The summed E-state index contributed by atoms with van der Waals surface area (Å²) in [6.07, 6.45) is 1.27. The number of nitrogens with one attached hydrogen (secondary N) is 3. The number of hydrogen-bond donors (Lipinski definition) is 3. The number of hydrogen-bond acceptors (Lipinski definition) is 6. The van der Waals surface area contributed by atoms with E-state index in [0.29, 0.717) is 30.9 Å². The van der Waals surface area contributed by atoms with Crippen molar-refractivity contribution in [2.45, 2.75) is 57.7 Å². The zero-order valence-electron chi connectivity index (χ0n) is 23.4. The van der Waals surface area contributed by atoms with Gasteiger partial charge in [-0.1, -0.05) is 26.0 Å². The molecule has 0 unspecified atom stereocenters. The summed E-state index contributed by atoms with van der Waals surface area (Å²) in [5.41, 5.74) is 0.237. The van der Waals surface area contributed by atoms with E-state index in [1.165, 1.54) is 24.3 Å². The molecule has 3 N–H and O–H groups in total. The zero-order valence-corrected chi connectivity index (χ0v) is 23.4. The van der Waals surface area contributed by atoms with Crippen LogP contribution in [0, 0.1) is 11.7 Å². The summed E-state index contributed by atoms with van der Waals surface area (Å²) in [7, 11) is 0. The van der Waals surface area contributed by atoms with Gasteiger partial charge in [-0.15, -0.1) is 0 Å². The number of fused-ring (bicyclic) bond motifs is 2. The van der Waals surface area contributed by atoms with Gasteiger partial charge in [-0.05, 0) is 61.6 Å². The summed E-state index contributed by atoms with van der Waals surface area (Å²) in [6, 6.07) is 10.3. The molecule has 0 bridgehead atoms. The lowest BCUT2D eigenvalue weighted by Gasteiger charge is -2.28. The van der Waals surface area contributed by atoms with Crippen LogP contribution in [-0.2, 0) is 14.4 Å². The molecule has 4 amide bonds. The highest BCUT2D eigenvalue weighted by Gasteiger charge is 2.36. The standard InChI is InChI=1S/C30H37FN4O6/c1-19(2)24-18-41-26-8-4-3-6-22(26)28(37)33-23(13-14-27(36)35-16-5-7-25(35)30(39)34-24)29(38)32-15-17-40-21-11-9-20(31)10-12-21/h3-4,6,8-12,19,23-25H,5,7,13-18H2,1-2H3,(H,32,38)(H,33,37)(H,34,39)/t23-,24-,25-/m0/s1. The highest BCUT2D eigenvalue weighted by Crippen LogP contribution is 2.23. The van der Waals surface area contributed by atoms with E-state index in [2.05, 4.69) is 16.0 Å². The van der Waals surface area contributed by atoms with E-state index < -0.39 is 23.9 Å². The van der Waals surface area contributed by atoms with Crippen LogP contribution in [0.4, 0.5) is 4.39 Å². The summed E-state index contributed by atoms with van der Waals surface area (Å²) < 4.78 is 24.7. The Kier molecular flexibility index (Phi) is 10.2. The predicted octanol–water partition coefficient (Wildman–Crippen LogP) is 2.42. The van der Waals surface area contributed by atoms with Gasteiger partial charge in [0.05, 0.1) is 18.2 Å². The number of benzene rings is 2. The third-order valence-corrected chi connectivity index (χ3v) is 7.31. The molecule has 3 atom stereocenters. The molecule has 10 nitrogen and oxygen atoms in total. The van der Waals surface area contributed by atoms with Crippen LogP contribution in [0.5, 0.6) is 11.5 Å². The second-order valence-corrected chi connectivity index (χ2v) is 10.6. The Morgan fingerprint density at radius 1 is 1.10 bits per heavy atom. The molecule has 4 rings (SSSR count). The number of halogens is 1. The van der Waals surface area contributed by atoms with Crippen molar-refractivity contribution in [1.82, 2.24) is 20.9 Å². The third kappa shape index (κ3) is 7.96. The Balaban J connectivity index is 1.50. The van der Waals surface area contributed by atoms with Crippen LogP contribution >= 0.6 is 0 Å². The van der Waals surface area contributed by atoms with Crippen molar-refractivity contribution in [2.75, 3.05) is 26.3 Å². The predicted molar refractivity (Wildman–Crippen MR) is 149 cm³/mol. The summed E-state index contributed by atoms with van der Waals surface area (Å²) in [5.74, 6) is -1.04. The van der Waals surface area contributed by atoms with Crippen molar-refractivity contribution in [1.29, 1.82) is 0 Å². The van der Waals surface area contributed by atoms with E-state index in [-0.39, 0.29) is 67.8 Å². The number of nitrogens with zero attached hydrogens (tertiary/aromatic N) is 1. The van der Waals surface area contributed by atoms with Crippen LogP contribution in [0.15, 0.2) is 48.5 Å². The second-order valence-electron chi connectivity index (χ2n) is 10.6. The summed E-state index contributed by atoms with van der Waals surface area (Å²) in [6.45, 7) is 4.76. The Morgan fingerprint density at radius 2 is 1.85 bits per heavy atom. The highest BCUT2D eigenvalue weighted by molar-refractivity contribution is 5.99. The molecule has 1 fully saturated rings. The zero-order chi connectivity index (χ0) is 29.4. The molecule has 2 aromatic carbocycles. The van der Waals surface area contributed by atoms with E-state index in [9.17, 15) is 23.6 Å². The molecule has 41 heavy (non-hydrogen) atoms. The fourth-order valence-electron chi connectivity index (χ4n) is 4.89. The van der Waals surface area contributed by atoms with E-state index in [4.69, 9.17) is 9.47 Å². The maximum Gasteiger partial charge on any atom is 0.255 e. The first-order chi connectivity index (χ1) is 19.7. The summed E-state index contributed by atoms with van der Waals surface area (Å²) in [4.78, 5) is 54.5. The summed E-state index contributed by atoms with van der Waals surface area (Å²) >= 11 is 0. The van der Waals surface area contributed by atoms with Crippen molar-refractivity contribution in [3.8, 4) is 11.5 Å². The van der Waals surface area contributed by atoms with Crippen molar-refractivity contribution >= 4 is 23.6 Å². The van der Waals surface area contributed by atoms with E-state index in [1.807, 2.05) is 13.8 Å². The molecule has 2 aliphatic heterocycles. The van der Waals surface area contributed by atoms with Gasteiger partial charge in [0.15, 0.2) is 0 Å². The normalized spacial score (nSPS) is 21.9. The number of carbonyl (C=O) groups is 4. The molecule has 220 valence electrons. The Hall–Kier alpha value is -4.15. The van der Waals surface area contributed by atoms with Gasteiger partial charge >= 0.3 is 0 Å². The molecule has 0 aliphatic carbocycles. The Morgan fingerprint density at radius 3 is 2.61 bits per heavy atom. The average Bonchev–Trinajstić information content (AvgIpc) is 3.46. The molecule has 0 aromatic heterocycles. The largest absolute Gasteiger partial charge is 0.492 e. The van der Waals surface area contributed by atoms with Crippen LogP contribution in [0.25, 0.3) is 0 Å². The average molecular weight is 569 g/mol. The molecule has 1 saturated heterocycles. The van der Waals surface area contributed by atoms with Gasteiger partial charge in [-0.2, -0.15) is 0 Å². The van der Waals surface area contributed by atoms with E-state index in [1.54, 1.807) is 29.2 Å². The molecule has 0 saturated carbocycles. The number of carbonyl (C=O) groups excluding carboxylic acids is 4. The maximum absolute atomic E-state index is 13.3. The van der Waals surface area contributed by atoms with Gasteiger partial charge in [0.25, 0.3) is 5.91 Å². The number of rotatable bonds is 6. The molecule has 0 spiro atoms. The fraction of sp³-hybridized carbons (Fsp3) is 0.467. The molecular formula is C30H37FN4O6. The lowest BCUT2D eigenvalue weighted by Crippen LogP contribution is -2.52. The van der Waals surface area contributed by atoms with Crippen molar-refractivity contribution in [2.24, 2.45) is 5.92 Å². The van der Waals surface area contributed by atoms with Crippen molar-refractivity contribution in [3.63, 3.8) is 0 Å². The lowest BCUT2D eigenvalue weighted by molar-refractivity contribution is -0.139. The second kappa shape index (κ2) is 14.0.